The zero-order chi connectivity index (χ0) is 20.0. The number of aryl methyl sites for hydroxylation is 1. The summed E-state index contributed by atoms with van der Waals surface area (Å²) in [6.45, 7) is 3.01. The third-order valence-electron chi connectivity index (χ3n) is 6.54. The number of benzene rings is 1. The van der Waals surface area contributed by atoms with Crippen LogP contribution in [0.1, 0.15) is 36.9 Å². The van der Waals surface area contributed by atoms with Gasteiger partial charge >= 0.3 is 0 Å². The molecule has 0 spiro atoms. The van der Waals surface area contributed by atoms with E-state index in [1.54, 1.807) is 6.07 Å². The minimum atomic E-state index is -0.882. The molecule has 2 saturated heterocycles. The third-order valence-corrected chi connectivity index (χ3v) is 6.54. The van der Waals surface area contributed by atoms with Gasteiger partial charge in [-0.3, -0.25) is 14.7 Å². The summed E-state index contributed by atoms with van der Waals surface area (Å²) in [6.07, 6.45) is 5.36. The molecule has 29 heavy (non-hydrogen) atoms. The van der Waals surface area contributed by atoms with Gasteiger partial charge in [0.25, 0.3) is 5.56 Å². The van der Waals surface area contributed by atoms with Crippen molar-refractivity contribution < 1.29 is 5.11 Å². The smallest absolute Gasteiger partial charge is 0.266 e. The van der Waals surface area contributed by atoms with E-state index in [0.717, 1.165) is 30.6 Å². The molecule has 2 fully saturated rings. The first kappa shape index (κ1) is 18.5. The first-order chi connectivity index (χ1) is 14.0. The Hall–Kier alpha value is -2.57. The Balaban J connectivity index is 1.37. The fourth-order valence-corrected chi connectivity index (χ4v) is 5.25. The topological polar surface area (TPSA) is 71.2 Å². The lowest BCUT2D eigenvalue weighted by atomic mass is 9.85. The molecular weight excluding hydrogens is 364 g/mol. The molecule has 6 heteroatoms. The van der Waals surface area contributed by atoms with Crippen LogP contribution in [0.4, 0.5) is 0 Å². The molecule has 2 aliphatic heterocycles. The van der Waals surface area contributed by atoms with Crippen LogP contribution in [0.3, 0.4) is 0 Å². The molecule has 2 aliphatic rings. The Kier molecular flexibility index (Phi) is 4.48. The van der Waals surface area contributed by atoms with Gasteiger partial charge in [0.2, 0.25) is 0 Å². The Labute approximate surface area is 169 Å². The number of aromatic nitrogens is 3. The average molecular weight is 390 g/mol. The van der Waals surface area contributed by atoms with Crippen LogP contribution in [0.5, 0.6) is 0 Å². The summed E-state index contributed by atoms with van der Waals surface area (Å²) in [4.78, 5) is 19.2. The molecule has 4 heterocycles. The maximum atomic E-state index is 12.2. The molecule has 0 saturated carbocycles. The van der Waals surface area contributed by atoms with E-state index in [-0.39, 0.29) is 12.1 Å². The third kappa shape index (κ3) is 3.47. The standard InChI is InChI=1S/C23H26N4O2/c1-16-7-10-22(28)27(25-16)15-23(29)12-18-8-9-19(13-23)26(18)14-17-4-2-6-21-20(17)5-3-11-24-21/h2-7,10-11,18-19,29H,8-9,12-15H2,1H3. The molecule has 3 aromatic rings. The molecule has 2 unspecified atom stereocenters. The average Bonchev–Trinajstić information content (AvgIpc) is 2.95. The van der Waals surface area contributed by atoms with E-state index in [1.807, 2.05) is 19.2 Å². The van der Waals surface area contributed by atoms with Gasteiger partial charge in [-0.2, -0.15) is 5.10 Å². The van der Waals surface area contributed by atoms with Gasteiger partial charge in [0.05, 0.1) is 23.4 Å². The highest BCUT2D eigenvalue weighted by Gasteiger charge is 2.47. The quantitative estimate of drug-likeness (QED) is 0.742. The van der Waals surface area contributed by atoms with Crippen LogP contribution in [0.25, 0.3) is 10.9 Å². The van der Waals surface area contributed by atoms with Crippen LogP contribution in [-0.2, 0) is 13.1 Å². The van der Waals surface area contributed by atoms with Gasteiger partial charge in [0.1, 0.15) is 0 Å². The number of hydrogen-bond acceptors (Lipinski definition) is 5. The molecule has 2 atom stereocenters. The lowest BCUT2D eigenvalue weighted by Gasteiger charge is -2.44. The van der Waals surface area contributed by atoms with E-state index < -0.39 is 5.60 Å². The van der Waals surface area contributed by atoms with Crippen molar-refractivity contribution in [2.24, 2.45) is 0 Å². The predicted octanol–water partition coefficient (Wildman–Crippen LogP) is 2.66. The van der Waals surface area contributed by atoms with Crippen LogP contribution >= 0.6 is 0 Å². The molecule has 0 radical (unpaired) electrons. The van der Waals surface area contributed by atoms with Crippen LogP contribution in [0, 0.1) is 6.92 Å². The fourth-order valence-electron chi connectivity index (χ4n) is 5.25. The number of nitrogens with zero attached hydrogens (tertiary/aromatic N) is 4. The maximum Gasteiger partial charge on any atom is 0.266 e. The van der Waals surface area contributed by atoms with Gasteiger partial charge in [-0.15, -0.1) is 0 Å². The summed E-state index contributed by atoms with van der Waals surface area (Å²) in [7, 11) is 0. The molecule has 5 rings (SSSR count). The Morgan fingerprint density at radius 2 is 1.90 bits per heavy atom. The first-order valence-corrected chi connectivity index (χ1v) is 10.4. The van der Waals surface area contributed by atoms with Crippen molar-refractivity contribution in [3.05, 3.63) is 70.3 Å². The minimum absolute atomic E-state index is 0.151. The Bertz CT molecular complexity index is 1090. The normalized spacial score (nSPS) is 26.8. The van der Waals surface area contributed by atoms with Crippen molar-refractivity contribution >= 4 is 10.9 Å². The summed E-state index contributed by atoms with van der Waals surface area (Å²) in [5.74, 6) is 0. The van der Waals surface area contributed by atoms with Crippen molar-refractivity contribution in [2.75, 3.05) is 0 Å². The molecule has 1 N–H and O–H groups in total. The predicted molar refractivity (Wildman–Crippen MR) is 112 cm³/mol. The first-order valence-electron chi connectivity index (χ1n) is 10.4. The summed E-state index contributed by atoms with van der Waals surface area (Å²) in [5.41, 5.74) is 2.07. The zero-order valence-electron chi connectivity index (χ0n) is 16.7. The highest BCUT2D eigenvalue weighted by Crippen LogP contribution is 2.42. The number of rotatable bonds is 4. The van der Waals surface area contributed by atoms with Gasteiger partial charge in [0, 0.05) is 36.3 Å². The van der Waals surface area contributed by atoms with Gasteiger partial charge < -0.3 is 5.11 Å². The van der Waals surface area contributed by atoms with Crippen molar-refractivity contribution in [1.82, 2.24) is 19.7 Å². The van der Waals surface area contributed by atoms with Crippen molar-refractivity contribution in [3.8, 4) is 0 Å². The lowest BCUT2D eigenvalue weighted by molar-refractivity contribution is -0.0676. The van der Waals surface area contributed by atoms with Crippen molar-refractivity contribution in [3.63, 3.8) is 0 Å². The van der Waals surface area contributed by atoms with Crippen LogP contribution in [-0.4, -0.2) is 42.5 Å². The Morgan fingerprint density at radius 3 is 2.69 bits per heavy atom. The number of hydrogen-bond donors (Lipinski definition) is 1. The summed E-state index contributed by atoms with van der Waals surface area (Å²) in [6, 6.07) is 14.3. The van der Waals surface area contributed by atoms with Gasteiger partial charge in [-0.1, -0.05) is 18.2 Å². The summed E-state index contributed by atoms with van der Waals surface area (Å²) >= 11 is 0. The molecule has 2 bridgehead atoms. The molecule has 0 amide bonds. The van der Waals surface area contributed by atoms with Crippen molar-refractivity contribution in [2.45, 2.75) is 63.4 Å². The van der Waals surface area contributed by atoms with Gasteiger partial charge in [-0.05, 0) is 56.4 Å². The lowest BCUT2D eigenvalue weighted by Crippen LogP contribution is -2.53. The summed E-state index contributed by atoms with van der Waals surface area (Å²) < 4.78 is 1.43. The largest absolute Gasteiger partial charge is 0.388 e. The SMILES string of the molecule is Cc1ccc(=O)n(CC2(O)CC3CCC(C2)N3Cc2cccc3ncccc23)n1. The number of piperidine rings is 1. The zero-order valence-corrected chi connectivity index (χ0v) is 16.7. The number of fused-ring (bicyclic) bond motifs is 3. The summed E-state index contributed by atoms with van der Waals surface area (Å²) in [5, 5.41) is 16.9. The molecule has 1 aromatic carbocycles. The molecule has 0 aliphatic carbocycles. The minimum Gasteiger partial charge on any atom is -0.388 e. The maximum absolute atomic E-state index is 12.2. The van der Waals surface area contributed by atoms with Crippen LogP contribution in [0.2, 0.25) is 0 Å². The van der Waals surface area contributed by atoms with E-state index in [4.69, 9.17) is 0 Å². The monoisotopic (exact) mass is 390 g/mol. The van der Waals surface area contributed by atoms with E-state index in [2.05, 4.69) is 39.2 Å². The molecule has 2 aromatic heterocycles. The number of pyridine rings is 1. The van der Waals surface area contributed by atoms with Gasteiger partial charge in [0.15, 0.2) is 0 Å². The van der Waals surface area contributed by atoms with E-state index in [1.165, 1.54) is 21.7 Å². The fraction of sp³-hybridized carbons (Fsp3) is 0.435. The number of aliphatic hydroxyl groups is 1. The highest BCUT2D eigenvalue weighted by atomic mass is 16.3. The van der Waals surface area contributed by atoms with Crippen LogP contribution in [0.15, 0.2) is 53.5 Å². The molecular formula is C23H26N4O2. The Morgan fingerprint density at radius 1 is 1.10 bits per heavy atom. The molecule has 6 nitrogen and oxygen atoms in total. The van der Waals surface area contributed by atoms with Gasteiger partial charge in [-0.25, -0.2) is 4.68 Å². The van der Waals surface area contributed by atoms with E-state index in [0.29, 0.717) is 24.9 Å². The second kappa shape index (κ2) is 7.04. The van der Waals surface area contributed by atoms with E-state index >= 15 is 0 Å². The second-order valence-corrected chi connectivity index (χ2v) is 8.65. The highest BCUT2D eigenvalue weighted by molar-refractivity contribution is 5.81. The van der Waals surface area contributed by atoms with Crippen molar-refractivity contribution in [1.29, 1.82) is 0 Å². The molecule has 150 valence electrons. The van der Waals surface area contributed by atoms with Crippen LogP contribution < -0.4 is 5.56 Å². The second-order valence-electron chi connectivity index (χ2n) is 8.65. The van der Waals surface area contributed by atoms with E-state index in [9.17, 15) is 9.90 Å².